The van der Waals surface area contributed by atoms with E-state index in [1.54, 1.807) is 18.2 Å². The second-order valence-corrected chi connectivity index (χ2v) is 22.1. The summed E-state index contributed by atoms with van der Waals surface area (Å²) in [6.45, 7) is 14.3. The molecule has 2 aliphatic heterocycles. The van der Waals surface area contributed by atoms with Gasteiger partial charge in [0.25, 0.3) is 0 Å². The number of aldehydes is 1. The molecule has 3 aliphatic rings. The van der Waals surface area contributed by atoms with Crippen LogP contribution in [0.3, 0.4) is 0 Å². The molecule has 2 aromatic heterocycles. The zero-order valence-corrected chi connectivity index (χ0v) is 33.6. The number of hydrogen-bond acceptors (Lipinski definition) is 9. The number of benzene rings is 2. The van der Waals surface area contributed by atoms with Gasteiger partial charge >= 0.3 is 6.01 Å². The molecule has 1 spiro atoms. The Labute approximate surface area is 321 Å². The van der Waals surface area contributed by atoms with E-state index in [2.05, 4.69) is 63.3 Å². The van der Waals surface area contributed by atoms with Gasteiger partial charge in [0, 0.05) is 37.3 Å². The Hall–Kier alpha value is -4.67. The predicted octanol–water partition coefficient (Wildman–Crippen LogP) is 7.89. The molecule has 4 aromatic rings. The number of aromatic nitrogens is 3. The van der Waals surface area contributed by atoms with Crippen LogP contribution in [0.5, 0.6) is 11.8 Å². The Balaban J connectivity index is 1.44. The second-order valence-electron chi connectivity index (χ2n) is 16.5. The van der Waals surface area contributed by atoms with Gasteiger partial charge in [-0.3, -0.25) is 9.78 Å². The van der Waals surface area contributed by atoms with Crippen molar-refractivity contribution >= 4 is 47.8 Å². The number of anilines is 1. The topological polar surface area (TPSA) is 116 Å². The maximum atomic E-state index is 17.4. The van der Waals surface area contributed by atoms with Crippen molar-refractivity contribution in [3.8, 4) is 34.5 Å². The van der Waals surface area contributed by atoms with Gasteiger partial charge in [0.1, 0.15) is 49.6 Å². The minimum atomic E-state index is -2.29. The van der Waals surface area contributed by atoms with Gasteiger partial charge in [0.15, 0.2) is 12.6 Å². The lowest BCUT2D eigenvalue weighted by molar-refractivity contribution is -0.133. The van der Waals surface area contributed by atoms with Gasteiger partial charge in [-0.25, -0.2) is 8.78 Å². The fourth-order valence-corrected chi connectivity index (χ4v) is 14.1. The van der Waals surface area contributed by atoms with Crippen LogP contribution in [-0.4, -0.2) is 74.4 Å². The molecule has 13 heteroatoms. The number of β-lactam (4-membered cyclic amide) rings is 1. The quantitative estimate of drug-likeness (QED) is 0.0505. The fraction of sp³-hybridized carbons (Fsp3) is 0.500. The number of fused-ring (bicyclic) bond motifs is 2. The molecule has 55 heavy (non-hydrogen) atoms. The molecule has 290 valence electrons. The van der Waals surface area contributed by atoms with Crippen molar-refractivity contribution in [3.63, 3.8) is 0 Å². The van der Waals surface area contributed by atoms with E-state index in [1.807, 2.05) is 4.90 Å². The molecule has 10 nitrogen and oxygen atoms in total. The third-order valence-corrected chi connectivity index (χ3v) is 18.3. The highest BCUT2D eigenvalue weighted by atomic mass is 28.3. The van der Waals surface area contributed by atoms with Crippen molar-refractivity contribution in [2.24, 2.45) is 5.41 Å². The van der Waals surface area contributed by atoms with E-state index in [4.69, 9.17) is 24.2 Å². The number of pyridine rings is 1. The minimum Gasteiger partial charge on any atom is -0.468 e. The number of rotatable bonds is 12. The third kappa shape index (κ3) is 7.03. The summed E-state index contributed by atoms with van der Waals surface area (Å²) in [5.41, 5.74) is 3.94. The first kappa shape index (κ1) is 38.6. The summed E-state index contributed by atoms with van der Waals surface area (Å²) in [6.07, 6.45) is 5.83. The van der Waals surface area contributed by atoms with E-state index in [0.717, 1.165) is 19.1 Å². The SMILES string of the molecule is COCOc1cc(-c2ncc3c(N4CCCC5(CC(=O)N5)C4)nc(OCC4(C=O)CC4)nc3c2F)c2c(C#C[Si](C(C)C)(C(C)C)C(C)C)c(F)ccc2c1. The van der Waals surface area contributed by atoms with Gasteiger partial charge in [-0.15, -0.1) is 5.54 Å². The number of ether oxygens (including phenoxy) is 3. The zero-order chi connectivity index (χ0) is 39.3. The molecule has 7 rings (SSSR count). The molecule has 1 atom stereocenters. The van der Waals surface area contributed by atoms with Gasteiger partial charge in [-0.05, 0) is 65.9 Å². The van der Waals surface area contributed by atoms with Crippen LogP contribution in [0.4, 0.5) is 14.6 Å². The van der Waals surface area contributed by atoms with Gasteiger partial charge in [0.05, 0.1) is 28.3 Å². The number of halogens is 2. The molecule has 2 aromatic carbocycles. The van der Waals surface area contributed by atoms with E-state index in [9.17, 15) is 9.59 Å². The summed E-state index contributed by atoms with van der Waals surface area (Å²) < 4.78 is 50.6. The van der Waals surface area contributed by atoms with Crippen LogP contribution in [0, 0.1) is 28.5 Å². The molecule has 1 unspecified atom stereocenters. The number of carbonyl (C=O) groups excluding carboxylic acids is 2. The number of carbonyl (C=O) groups is 2. The van der Waals surface area contributed by atoms with Crippen molar-refractivity contribution in [2.75, 3.05) is 38.5 Å². The summed E-state index contributed by atoms with van der Waals surface area (Å²) in [5.74, 6) is 2.83. The maximum Gasteiger partial charge on any atom is 0.319 e. The molecule has 2 saturated heterocycles. The molecule has 3 fully saturated rings. The predicted molar refractivity (Wildman–Crippen MR) is 211 cm³/mol. The monoisotopic (exact) mass is 769 g/mol. The van der Waals surface area contributed by atoms with Crippen LogP contribution in [0.1, 0.15) is 79.2 Å². The van der Waals surface area contributed by atoms with Crippen LogP contribution in [-0.2, 0) is 14.3 Å². The molecule has 1 saturated carbocycles. The van der Waals surface area contributed by atoms with E-state index in [0.29, 0.717) is 76.7 Å². The van der Waals surface area contributed by atoms with E-state index in [-0.39, 0.29) is 53.2 Å². The first-order chi connectivity index (χ1) is 26.2. The number of amides is 1. The smallest absolute Gasteiger partial charge is 0.319 e. The first-order valence-corrected chi connectivity index (χ1v) is 21.4. The van der Waals surface area contributed by atoms with Crippen LogP contribution < -0.4 is 19.7 Å². The fourth-order valence-electron chi connectivity index (χ4n) is 8.86. The summed E-state index contributed by atoms with van der Waals surface area (Å²) in [6, 6.07) is 6.34. The van der Waals surface area contributed by atoms with Crippen LogP contribution in [0.2, 0.25) is 16.6 Å². The standard InChI is InChI=1S/C42H49F2N5O5Si/c1-25(2)55(26(3)4,27(5)6)16-11-30-33(43)10-9-28-17-29(54-24-52-7)18-31(35(28)30)37-36(44)38-32(20-45-37)39(47-40(46-38)53-23-41(22-50)13-14-41)49-15-8-12-42(21-49)19-34(51)48-42/h9-10,17-18,20,22,25-27H,8,12-15,19,21,23-24H2,1-7H3,(H,48,51). The van der Waals surface area contributed by atoms with Crippen LogP contribution in [0.15, 0.2) is 30.5 Å². The zero-order valence-electron chi connectivity index (χ0n) is 32.6. The molecular formula is C42H49F2N5O5Si. The molecule has 0 bridgehead atoms. The summed E-state index contributed by atoms with van der Waals surface area (Å²) in [5, 5.41) is 4.43. The first-order valence-electron chi connectivity index (χ1n) is 19.2. The number of nitrogens with zero attached hydrogens (tertiary/aromatic N) is 4. The lowest BCUT2D eigenvalue weighted by Crippen LogP contribution is -2.68. The van der Waals surface area contributed by atoms with E-state index >= 15 is 8.78 Å². The average Bonchev–Trinajstić information content (AvgIpc) is 3.93. The lowest BCUT2D eigenvalue weighted by atomic mass is 9.80. The highest BCUT2D eigenvalue weighted by molar-refractivity contribution is 6.90. The Kier molecular flexibility index (Phi) is 10.4. The molecule has 0 radical (unpaired) electrons. The minimum absolute atomic E-state index is 0.00514. The normalized spacial score (nSPS) is 19.1. The summed E-state index contributed by atoms with van der Waals surface area (Å²) >= 11 is 0. The summed E-state index contributed by atoms with van der Waals surface area (Å²) in [7, 11) is -0.790. The van der Waals surface area contributed by atoms with Crippen LogP contribution >= 0.6 is 0 Å². The maximum absolute atomic E-state index is 17.4. The highest BCUT2D eigenvalue weighted by Crippen LogP contribution is 2.45. The number of methoxy groups -OCH3 is 1. The van der Waals surface area contributed by atoms with Gasteiger partial charge < -0.3 is 29.2 Å². The van der Waals surface area contributed by atoms with E-state index < -0.39 is 25.1 Å². The molecular weight excluding hydrogens is 721 g/mol. The molecule has 1 amide bonds. The average molecular weight is 770 g/mol. The van der Waals surface area contributed by atoms with Gasteiger partial charge in [-0.2, -0.15) is 9.97 Å². The Morgan fingerprint density at radius 2 is 1.76 bits per heavy atom. The number of piperidine rings is 1. The lowest BCUT2D eigenvalue weighted by Gasteiger charge is -2.49. The third-order valence-electron chi connectivity index (χ3n) is 12.0. The van der Waals surface area contributed by atoms with Gasteiger partial charge in [0.2, 0.25) is 5.91 Å². The summed E-state index contributed by atoms with van der Waals surface area (Å²) in [4.78, 5) is 39.8. The Morgan fingerprint density at radius 1 is 1.04 bits per heavy atom. The van der Waals surface area contributed by atoms with Crippen LogP contribution in [0.25, 0.3) is 32.9 Å². The number of hydrogen-bond donors (Lipinski definition) is 1. The molecule has 1 N–H and O–H groups in total. The van der Waals surface area contributed by atoms with Crippen molar-refractivity contribution in [2.45, 2.75) is 95.8 Å². The molecule has 1 aliphatic carbocycles. The Morgan fingerprint density at radius 3 is 2.40 bits per heavy atom. The highest BCUT2D eigenvalue weighted by Gasteiger charge is 2.47. The van der Waals surface area contributed by atoms with E-state index in [1.165, 1.54) is 19.4 Å². The second kappa shape index (κ2) is 14.8. The van der Waals surface area contributed by atoms with Crippen molar-refractivity contribution in [1.82, 2.24) is 20.3 Å². The number of nitrogens with one attached hydrogen (secondary N) is 1. The van der Waals surface area contributed by atoms with Gasteiger partial charge in [-0.1, -0.05) is 53.5 Å². The largest absolute Gasteiger partial charge is 0.468 e. The molecule has 4 heterocycles. The van der Waals surface area contributed by atoms with Crippen molar-refractivity contribution in [1.29, 1.82) is 0 Å². The Bertz CT molecular complexity index is 2200. The van der Waals surface area contributed by atoms with Crippen molar-refractivity contribution < 1.29 is 32.6 Å². The van der Waals surface area contributed by atoms with Crippen molar-refractivity contribution in [3.05, 3.63) is 47.7 Å².